The lowest BCUT2D eigenvalue weighted by molar-refractivity contribution is -0.394. The molecule has 4 aliphatic carbocycles. The van der Waals surface area contributed by atoms with Crippen molar-refractivity contribution in [3.8, 4) is 0 Å². The van der Waals surface area contributed by atoms with E-state index in [-0.39, 0.29) is 16.9 Å². The van der Waals surface area contributed by atoms with Gasteiger partial charge in [-0.2, -0.15) is 16.4 Å². The molecule has 26 heavy (non-hydrogen) atoms. The summed E-state index contributed by atoms with van der Waals surface area (Å²) in [5, 5.41) is 15.2. The van der Waals surface area contributed by atoms with Gasteiger partial charge in [0.1, 0.15) is 0 Å². The molecule has 2 atom stereocenters. The van der Waals surface area contributed by atoms with Gasteiger partial charge in [0.25, 0.3) is 0 Å². The van der Waals surface area contributed by atoms with Crippen molar-refractivity contribution in [3.05, 3.63) is 16.4 Å². The molecule has 0 N–H and O–H groups in total. The van der Waals surface area contributed by atoms with Crippen LogP contribution in [-0.2, 0) is 10.3 Å². The van der Waals surface area contributed by atoms with E-state index in [1.807, 2.05) is 11.8 Å². The Balaban J connectivity index is 1.49. The molecule has 0 spiro atoms. The number of thioether (sulfide) groups is 1. The first-order valence-corrected chi connectivity index (χ1v) is 10.6. The first kappa shape index (κ1) is 16.5. The summed E-state index contributed by atoms with van der Waals surface area (Å²) in [5.41, 5.74) is -0.571. The first-order valence-electron chi connectivity index (χ1n) is 9.43. The summed E-state index contributed by atoms with van der Waals surface area (Å²) in [7, 11) is 0. The second-order valence-electron chi connectivity index (χ2n) is 8.62. The highest BCUT2D eigenvalue weighted by atomic mass is 32.2. The zero-order chi connectivity index (χ0) is 17.9. The predicted octanol–water partition coefficient (Wildman–Crippen LogP) is 2.06. The van der Waals surface area contributed by atoms with Gasteiger partial charge >= 0.3 is 5.95 Å². The number of nitrogens with zero attached hydrogens (tertiary/aromatic N) is 5. The quantitative estimate of drug-likeness (QED) is 0.591. The summed E-state index contributed by atoms with van der Waals surface area (Å²) in [4.78, 5) is 29.9. The minimum absolute atomic E-state index is 0.272. The van der Waals surface area contributed by atoms with Crippen LogP contribution in [0.15, 0.2) is 6.33 Å². The molecule has 1 saturated heterocycles. The van der Waals surface area contributed by atoms with Gasteiger partial charge in [-0.15, -0.1) is 0 Å². The number of hydrogen-bond acceptors (Lipinski definition) is 6. The van der Waals surface area contributed by atoms with Gasteiger partial charge in [-0.05, 0) is 55.3 Å². The zero-order valence-electron chi connectivity index (χ0n) is 14.7. The van der Waals surface area contributed by atoms with Crippen molar-refractivity contribution in [1.29, 1.82) is 0 Å². The fourth-order valence-electron chi connectivity index (χ4n) is 6.40. The monoisotopic (exact) mass is 377 g/mol. The molecule has 5 aliphatic rings. The fraction of sp³-hybridized carbons (Fsp3) is 0.824. The summed E-state index contributed by atoms with van der Waals surface area (Å²) in [6.07, 6.45) is 7.35. The molecular weight excluding hydrogens is 354 g/mol. The average molecular weight is 377 g/mol. The van der Waals surface area contributed by atoms with Crippen LogP contribution in [0.1, 0.15) is 38.5 Å². The fourth-order valence-corrected chi connectivity index (χ4v) is 7.30. The third kappa shape index (κ3) is 2.39. The van der Waals surface area contributed by atoms with Crippen molar-refractivity contribution in [2.24, 2.45) is 17.3 Å². The highest BCUT2D eigenvalue weighted by Crippen LogP contribution is 2.64. The molecule has 140 valence electrons. The smallest absolute Gasteiger partial charge is 0.390 e. The molecule has 9 heteroatoms. The van der Waals surface area contributed by atoms with Gasteiger partial charge in [-0.3, -0.25) is 4.79 Å². The summed E-state index contributed by atoms with van der Waals surface area (Å²) in [6, 6.07) is 0. The number of carbonyl (C=O) groups is 1. The van der Waals surface area contributed by atoms with Gasteiger partial charge in [-0.25, -0.2) is 0 Å². The molecule has 2 unspecified atom stereocenters. The third-order valence-electron chi connectivity index (χ3n) is 6.91. The maximum absolute atomic E-state index is 13.5. The van der Waals surface area contributed by atoms with E-state index in [0.717, 1.165) is 56.7 Å². The minimum Gasteiger partial charge on any atom is -0.390 e. The van der Waals surface area contributed by atoms with E-state index >= 15 is 0 Å². The van der Waals surface area contributed by atoms with Crippen LogP contribution in [0.25, 0.3) is 0 Å². The summed E-state index contributed by atoms with van der Waals surface area (Å²) >= 11 is 1.91. The van der Waals surface area contributed by atoms with Gasteiger partial charge in [0.2, 0.25) is 12.2 Å². The van der Waals surface area contributed by atoms with E-state index < -0.39 is 4.92 Å². The standard InChI is InChI=1S/C17H23N5O3S/c23-14(20-1-3-26-4-2-20)16-6-12-5-13(7-16)9-17(8-12,10-16)21-11-18-15(19-21)22(24)25/h11-13H,1-10H2. The molecule has 6 rings (SSSR count). The number of nitro groups is 1. The zero-order valence-corrected chi connectivity index (χ0v) is 15.5. The average Bonchev–Trinajstić information content (AvgIpc) is 3.12. The molecule has 8 nitrogen and oxygen atoms in total. The lowest BCUT2D eigenvalue weighted by atomic mass is 9.46. The number of aromatic nitrogens is 3. The summed E-state index contributed by atoms with van der Waals surface area (Å²) in [5.74, 6) is 3.06. The Bertz CT molecular complexity index is 745. The Morgan fingerprint density at radius 1 is 1.23 bits per heavy atom. The van der Waals surface area contributed by atoms with Crippen LogP contribution in [0, 0.1) is 27.4 Å². The van der Waals surface area contributed by atoms with Crippen LogP contribution in [-0.4, -0.2) is 55.1 Å². The number of rotatable bonds is 3. The predicted molar refractivity (Wildman–Crippen MR) is 95.7 cm³/mol. The van der Waals surface area contributed by atoms with Crippen LogP contribution in [0.3, 0.4) is 0 Å². The Kier molecular flexibility index (Phi) is 3.61. The van der Waals surface area contributed by atoms with Gasteiger partial charge in [0.05, 0.1) is 11.0 Å². The van der Waals surface area contributed by atoms with Gasteiger partial charge in [0, 0.05) is 29.7 Å². The normalized spacial score (nSPS) is 38.5. The largest absolute Gasteiger partial charge is 0.490 e. The molecule has 1 aromatic rings. The Morgan fingerprint density at radius 3 is 2.54 bits per heavy atom. The molecule has 1 aromatic heterocycles. The van der Waals surface area contributed by atoms with E-state index in [2.05, 4.69) is 15.0 Å². The molecular formula is C17H23N5O3S. The SMILES string of the molecule is O=C(N1CCSCC1)C12CC3CC(C1)CC(n1cnc([N+](=O)[O-])n1)(C3)C2. The van der Waals surface area contributed by atoms with Crippen molar-refractivity contribution in [3.63, 3.8) is 0 Å². The highest BCUT2D eigenvalue weighted by molar-refractivity contribution is 7.99. The van der Waals surface area contributed by atoms with Crippen molar-refractivity contribution in [1.82, 2.24) is 19.7 Å². The van der Waals surface area contributed by atoms with E-state index in [1.165, 1.54) is 12.7 Å². The van der Waals surface area contributed by atoms with Crippen molar-refractivity contribution < 1.29 is 9.72 Å². The van der Waals surface area contributed by atoms with E-state index in [4.69, 9.17) is 0 Å². The van der Waals surface area contributed by atoms with Crippen molar-refractivity contribution >= 4 is 23.6 Å². The molecule has 1 aliphatic heterocycles. The second kappa shape index (κ2) is 5.68. The van der Waals surface area contributed by atoms with E-state index in [1.54, 1.807) is 4.68 Å². The number of amides is 1. The molecule has 0 radical (unpaired) electrons. The van der Waals surface area contributed by atoms with Crippen molar-refractivity contribution in [2.75, 3.05) is 24.6 Å². The summed E-state index contributed by atoms with van der Waals surface area (Å²) < 4.78 is 1.73. The second-order valence-corrected chi connectivity index (χ2v) is 9.84. The number of carbonyl (C=O) groups excluding carboxylic acids is 1. The molecule has 4 saturated carbocycles. The molecule has 5 fully saturated rings. The molecule has 1 amide bonds. The van der Waals surface area contributed by atoms with Crippen LogP contribution in [0.5, 0.6) is 0 Å². The Hall–Kier alpha value is -1.64. The Labute approximate surface area is 155 Å². The third-order valence-corrected chi connectivity index (χ3v) is 7.85. The molecule has 4 bridgehead atoms. The maximum atomic E-state index is 13.5. The van der Waals surface area contributed by atoms with Crippen molar-refractivity contribution in [2.45, 2.75) is 44.1 Å². The van der Waals surface area contributed by atoms with E-state index in [9.17, 15) is 14.9 Å². The van der Waals surface area contributed by atoms with Crippen LogP contribution >= 0.6 is 11.8 Å². The van der Waals surface area contributed by atoms with Crippen LogP contribution in [0.2, 0.25) is 0 Å². The highest BCUT2D eigenvalue weighted by Gasteiger charge is 2.63. The van der Waals surface area contributed by atoms with Gasteiger partial charge in [-0.1, -0.05) is 4.98 Å². The lowest BCUT2D eigenvalue weighted by Gasteiger charge is -2.60. The first-order chi connectivity index (χ1) is 12.5. The van der Waals surface area contributed by atoms with E-state index in [0.29, 0.717) is 17.7 Å². The summed E-state index contributed by atoms with van der Waals surface area (Å²) in [6.45, 7) is 1.70. The maximum Gasteiger partial charge on any atom is 0.490 e. The topological polar surface area (TPSA) is 94.2 Å². The van der Waals surface area contributed by atoms with Gasteiger partial charge in [0.15, 0.2) is 0 Å². The number of hydrogen-bond donors (Lipinski definition) is 0. The van der Waals surface area contributed by atoms with Crippen LogP contribution < -0.4 is 0 Å². The van der Waals surface area contributed by atoms with Crippen LogP contribution in [0.4, 0.5) is 5.95 Å². The molecule has 2 heterocycles. The lowest BCUT2D eigenvalue weighted by Crippen LogP contribution is -2.62. The van der Waals surface area contributed by atoms with Gasteiger partial charge < -0.3 is 15.0 Å². The Morgan fingerprint density at radius 2 is 1.92 bits per heavy atom. The minimum atomic E-state index is -0.538. The molecule has 0 aromatic carbocycles.